The molecule has 1 rings (SSSR count). The molecule has 11 heteroatoms. The molecule has 21 heavy (non-hydrogen) atoms. The quantitative estimate of drug-likeness (QED) is 0.624. The number of nitrogens with one attached hydrogen (secondary N) is 1. The van der Waals surface area contributed by atoms with Gasteiger partial charge in [0.25, 0.3) is 0 Å². The Morgan fingerprint density at radius 2 is 2.19 bits per heavy atom. The van der Waals surface area contributed by atoms with Crippen LogP contribution in [-0.2, 0) is 9.63 Å². The first-order valence-corrected chi connectivity index (χ1v) is 7.48. The maximum atomic E-state index is 12.1. The summed E-state index contributed by atoms with van der Waals surface area (Å²) in [5.74, 6) is 0.0541. The molecule has 0 atom stereocenters. The lowest BCUT2D eigenvalue weighted by Gasteiger charge is -2.28. The van der Waals surface area contributed by atoms with Gasteiger partial charge in [0.2, 0.25) is 5.91 Å². The first kappa shape index (κ1) is 17.8. The minimum absolute atomic E-state index is 0.0747. The van der Waals surface area contributed by atoms with Gasteiger partial charge >= 0.3 is 11.6 Å². The van der Waals surface area contributed by atoms with E-state index in [9.17, 15) is 22.8 Å². The van der Waals surface area contributed by atoms with E-state index in [0.717, 1.165) is 18.8 Å². The number of carbonyl (C=O) groups is 2. The predicted octanol–water partition coefficient (Wildman–Crippen LogP) is 2.51. The molecule has 1 aliphatic heterocycles. The number of hydroxylamine groups is 1. The van der Waals surface area contributed by atoms with Gasteiger partial charge in [-0.25, -0.2) is 14.6 Å². The van der Waals surface area contributed by atoms with Gasteiger partial charge in [0, 0.05) is 19.3 Å². The molecule has 0 fully saturated rings. The molecule has 0 aromatic heterocycles. The highest BCUT2D eigenvalue weighted by Gasteiger charge is 2.34. The van der Waals surface area contributed by atoms with Crippen LogP contribution in [0.2, 0.25) is 0 Å². The molecule has 0 unspecified atom stereocenters. The van der Waals surface area contributed by atoms with Crippen LogP contribution in [-0.4, -0.2) is 45.6 Å². The molecule has 120 valence electrons. The Morgan fingerprint density at radius 3 is 2.71 bits per heavy atom. The molecule has 2 amide bonds. The lowest BCUT2D eigenvalue weighted by Crippen LogP contribution is -2.38. The van der Waals surface area contributed by atoms with Crippen molar-refractivity contribution in [2.45, 2.75) is 25.4 Å². The van der Waals surface area contributed by atoms with Crippen molar-refractivity contribution >= 4 is 35.7 Å². The van der Waals surface area contributed by atoms with Crippen molar-refractivity contribution in [2.24, 2.45) is 0 Å². The second kappa shape index (κ2) is 7.16. The lowest BCUT2D eigenvalue weighted by atomic mass is 10.3. The van der Waals surface area contributed by atoms with Gasteiger partial charge in [-0.2, -0.15) is 13.2 Å². The van der Waals surface area contributed by atoms with Crippen molar-refractivity contribution in [1.82, 2.24) is 14.7 Å². The maximum Gasteiger partial charge on any atom is 0.461 e. The van der Waals surface area contributed by atoms with Crippen molar-refractivity contribution < 1.29 is 27.6 Å². The third-order valence-electron chi connectivity index (χ3n) is 2.19. The van der Waals surface area contributed by atoms with Gasteiger partial charge in [-0.05, 0) is 13.8 Å². The molecule has 6 nitrogen and oxygen atoms in total. The zero-order valence-electron chi connectivity index (χ0n) is 11.4. The van der Waals surface area contributed by atoms with Crippen molar-refractivity contribution in [2.75, 3.05) is 12.8 Å². The number of amides is 2. The van der Waals surface area contributed by atoms with E-state index in [-0.39, 0.29) is 17.7 Å². The van der Waals surface area contributed by atoms with Crippen molar-refractivity contribution in [3.8, 4) is 0 Å². The monoisotopic (exact) mass is 345 g/mol. The van der Waals surface area contributed by atoms with Crippen molar-refractivity contribution in [3.63, 3.8) is 0 Å². The van der Waals surface area contributed by atoms with Crippen molar-refractivity contribution in [1.29, 1.82) is 0 Å². The van der Waals surface area contributed by atoms with Gasteiger partial charge in [-0.3, -0.25) is 4.79 Å². The number of rotatable bonds is 4. The maximum absolute atomic E-state index is 12.1. The average Bonchev–Trinajstić information content (AvgIpc) is 2.34. The van der Waals surface area contributed by atoms with Crippen molar-refractivity contribution in [3.05, 3.63) is 11.2 Å². The lowest BCUT2D eigenvalue weighted by molar-refractivity contribution is -0.127. The van der Waals surface area contributed by atoms with Gasteiger partial charge in [-0.1, -0.05) is 11.8 Å². The third kappa shape index (κ3) is 5.96. The van der Waals surface area contributed by atoms with Crippen LogP contribution in [0.3, 0.4) is 0 Å². The summed E-state index contributed by atoms with van der Waals surface area (Å²) in [4.78, 5) is 28.9. The largest absolute Gasteiger partial charge is 0.461 e. The fourth-order valence-corrected chi connectivity index (χ4v) is 2.43. The van der Waals surface area contributed by atoms with Crippen LogP contribution in [0.5, 0.6) is 0 Å². The number of hydrogen-bond donors (Lipinski definition) is 1. The first-order valence-electron chi connectivity index (χ1n) is 5.72. The highest BCUT2D eigenvalue weighted by Crippen LogP contribution is 2.32. The number of hydrogen-bond acceptors (Lipinski definition) is 6. The predicted molar refractivity (Wildman–Crippen MR) is 73.5 cm³/mol. The summed E-state index contributed by atoms with van der Waals surface area (Å²) in [5, 5.41) is 0.363. The molecule has 1 heterocycles. The zero-order valence-corrected chi connectivity index (χ0v) is 13.1. The van der Waals surface area contributed by atoms with E-state index in [1.807, 2.05) is 13.8 Å². The highest BCUT2D eigenvalue weighted by molar-refractivity contribution is 8.03. The minimum Gasteiger partial charge on any atom is -0.323 e. The smallest absolute Gasteiger partial charge is 0.323 e. The van der Waals surface area contributed by atoms with Crippen LogP contribution in [0.1, 0.15) is 13.8 Å². The number of halogens is 3. The number of thioether (sulfide) groups is 1. The molecule has 0 saturated carbocycles. The molecule has 0 spiro atoms. The van der Waals surface area contributed by atoms with Crippen LogP contribution in [0.25, 0.3) is 0 Å². The highest BCUT2D eigenvalue weighted by atomic mass is 32.2. The second-order valence-corrected chi connectivity index (χ2v) is 6.39. The number of nitrogens with zero attached hydrogens (tertiary/aromatic N) is 2. The Morgan fingerprint density at radius 1 is 1.57 bits per heavy atom. The summed E-state index contributed by atoms with van der Waals surface area (Å²) in [6.45, 7) is 3.61. The summed E-state index contributed by atoms with van der Waals surface area (Å²) in [5.41, 5.74) is -2.32. The van der Waals surface area contributed by atoms with E-state index < -0.39 is 23.5 Å². The number of alkyl halides is 3. The standard InChI is InChI=1S/C10H14F3N3O3S2/c1-6(2)16-4-7(20-5-8(16)17)14-19-9(18)15(3)21-10(11,12)13/h4,6,14H,5H2,1-3H3. The fourth-order valence-electron chi connectivity index (χ4n) is 1.29. The summed E-state index contributed by atoms with van der Waals surface area (Å²) < 4.78 is 36.5. The molecular weight excluding hydrogens is 331 g/mol. The minimum atomic E-state index is -4.58. The molecule has 0 radical (unpaired) electrons. The van der Waals surface area contributed by atoms with Crippen LogP contribution >= 0.6 is 23.7 Å². The van der Waals surface area contributed by atoms with E-state index >= 15 is 0 Å². The Hall–Kier alpha value is -1.23. The van der Waals surface area contributed by atoms with Crippen LogP contribution in [0.4, 0.5) is 18.0 Å². The first-order chi connectivity index (χ1) is 9.60. The van der Waals surface area contributed by atoms with Crippen LogP contribution in [0.15, 0.2) is 11.2 Å². The molecular formula is C10H14F3N3O3S2. The van der Waals surface area contributed by atoms with E-state index in [1.54, 1.807) is 0 Å². The second-order valence-electron chi connectivity index (χ2n) is 4.18. The summed E-state index contributed by atoms with van der Waals surface area (Å²) in [6, 6.07) is -0.0747. The SMILES string of the molecule is CC(C)N1C=C(NOC(=O)N(C)SC(F)(F)F)SCC1=O. The van der Waals surface area contributed by atoms with Gasteiger partial charge < -0.3 is 9.74 Å². The average molecular weight is 345 g/mol. The topological polar surface area (TPSA) is 61.9 Å². The molecule has 1 aliphatic rings. The van der Waals surface area contributed by atoms with E-state index in [0.29, 0.717) is 9.33 Å². The van der Waals surface area contributed by atoms with Crippen LogP contribution in [0, 0.1) is 0 Å². The van der Waals surface area contributed by atoms with E-state index in [1.165, 1.54) is 11.1 Å². The summed E-state index contributed by atoms with van der Waals surface area (Å²) >= 11 is 0.479. The van der Waals surface area contributed by atoms with Gasteiger partial charge in [0.05, 0.1) is 17.7 Å². The van der Waals surface area contributed by atoms with E-state index in [2.05, 4.69) is 10.3 Å². The Kier molecular flexibility index (Phi) is 6.08. The Balaban J connectivity index is 2.53. The molecule has 0 bridgehead atoms. The molecule has 1 N–H and O–H groups in total. The Labute approximate surface area is 128 Å². The number of carbonyl (C=O) groups excluding carboxylic acids is 2. The summed E-state index contributed by atoms with van der Waals surface area (Å²) in [7, 11) is 0.939. The van der Waals surface area contributed by atoms with Gasteiger partial charge in [0.15, 0.2) is 0 Å². The molecule has 0 aromatic carbocycles. The van der Waals surface area contributed by atoms with Crippen LogP contribution < -0.4 is 5.48 Å². The normalized spacial score (nSPS) is 15.9. The van der Waals surface area contributed by atoms with Gasteiger partial charge in [-0.15, -0.1) is 0 Å². The molecule has 0 aromatic rings. The van der Waals surface area contributed by atoms with Gasteiger partial charge in [0.1, 0.15) is 5.03 Å². The third-order valence-corrected chi connectivity index (χ3v) is 3.71. The Bertz CT molecular complexity index is 443. The zero-order chi connectivity index (χ0) is 16.2. The van der Waals surface area contributed by atoms with E-state index in [4.69, 9.17) is 0 Å². The summed E-state index contributed by atoms with van der Waals surface area (Å²) in [6.07, 6.45) is 0.248. The molecule has 0 saturated heterocycles. The molecule has 0 aliphatic carbocycles. The fraction of sp³-hybridized carbons (Fsp3) is 0.600.